The predicted octanol–water partition coefficient (Wildman–Crippen LogP) is 3.41. The molecule has 0 bridgehead atoms. The van der Waals surface area contributed by atoms with Crippen LogP contribution in [0.15, 0.2) is 42.6 Å². The van der Waals surface area contributed by atoms with Gasteiger partial charge in [0.25, 0.3) is 5.91 Å². The summed E-state index contributed by atoms with van der Waals surface area (Å²) < 4.78 is 64.8. The maximum absolute atomic E-state index is 13.4. The van der Waals surface area contributed by atoms with Gasteiger partial charge in [0.05, 0.1) is 41.1 Å². The molecule has 4 rings (SSSR count). The zero-order chi connectivity index (χ0) is 26.6. The topological polar surface area (TPSA) is 105 Å². The molecule has 1 fully saturated rings. The molecule has 1 aromatic carbocycles. The van der Waals surface area contributed by atoms with Crippen LogP contribution < -0.4 is 16.0 Å². The van der Waals surface area contributed by atoms with Crippen molar-refractivity contribution in [2.45, 2.75) is 31.6 Å². The van der Waals surface area contributed by atoms with E-state index in [1.807, 2.05) is 0 Å². The fourth-order valence-corrected chi connectivity index (χ4v) is 5.65. The molecule has 196 valence electrons. The first-order chi connectivity index (χ1) is 17.5. The lowest BCUT2D eigenvalue weighted by atomic mass is 10.1. The molecule has 0 saturated carbocycles. The minimum atomic E-state index is -4.44. The molecule has 1 saturated heterocycles. The number of pyridine rings is 1. The summed E-state index contributed by atoms with van der Waals surface area (Å²) in [7, 11) is -1.52. The Morgan fingerprint density at radius 1 is 1.19 bits per heavy atom. The molecule has 12 heteroatoms. The summed E-state index contributed by atoms with van der Waals surface area (Å²) in [6, 6.07) is 9.81. The van der Waals surface area contributed by atoms with Gasteiger partial charge in [-0.1, -0.05) is 12.0 Å². The quantitative estimate of drug-likeness (QED) is 0.420. The van der Waals surface area contributed by atoms with Crippen LogP contribution in [0.2, 0.25) is 0 Å². The van der Waals surface area contributed by atoms with Crippen molar-refractivity contribution < 1.29 is 26.4 Å². The van der Waals surface area contributed by atoms with Crippen molar-refractivity contribution in [1.29, 1.82) is 0 Å². The smallest absolute Gasteiger partial charge is 0.382 e. The molecule has 2 aromatic heterocycles. The lowest BCUT2D eigenvalue weighted by Crippen LogP contribution is -2.32. The molecule has 3 N–H and O–H groups in total. The first kappa shape index (κ1) is 26.3. The largest absolute Gasteiger partial charge is 0.406 e. The standard InChI is InChI=1S/C25H26F3N5O3S/c1-29-24(34)22-8-7-18(15-31-22)30-11-3-4-19-14-20-21(32-17-9-12-37(35,36)13-10-17)5-2-6-23(20)33(19)16-25(26,27)28/h2,5-8,14-15,17,30,32H,9-13,16H2,1H3,(H,29,34). The number of fused-ring (bicyclic) bond motifs is 1. The lowest BCUT2D eigenvalue weighted by Gasteiger charge is -2.24. The maximum Gasteiger partial charge on any atom is 0.406 e. The number of nitrogens with one attached hydrogen (secondary N) is 3. The Hall–Kier alpha value is -3.72. The molecule has 3 aromatic rings. The number of aromatic nitrogens is 2. The van der Waals surface area contributed by atoms with Crippen LogP contribution in [-0.4, -0.2) is 61.2 Å². The van der Waals surface area contributed by atoms with Gasteiger partial charge in [-0.05, 0) is 49.1 Å². The highest BCUT2D eigenvalue weighted by Gasteiger charge is 2.30. The molecule has 1 aliphatic heterocycles. The van der Waals surface area contributed by atoms with E-state index in [0.717, 1.165) is 4.57 Å². The van der Waals surface area contributed by atoms with E-state index < -0.39 is 22.6 Å². The predicted molar refractivity (Wildman–Crippen MR) is 136 cm³/mol. The van der Waals surface area contributed by atoms with Crippen LogP contribution in [0.25, 0.3) is 10.9 Å². The zero-order valence-electron chi connectivity index (χ0n) is 20.0. The molecule has 0 atom stereocenters. The van der Waals surface area contributed by atoms with E-state index in [-0.39, 0.29) is 41.4 Å². The van der Waals surface area contributed by atoms with Crippen LogP contribution in [-0.2, 0) is 16.4 Å². The molecule has 0 spiro atoms. The van der Waals surface area contributed by atoms with Crippen molar-refractivity contribution in [2.75, 3.05) is 35.7 Å². The monoisotopic (exact) mass is 533 g/mol. The number of carbonyl (C=O) groups is 1. The van der Waals surface area contributed by atoms with Crippen molar-refractivity contribution in [2.24, 2.45) is 0 Å². The van der Waals surface area contributed by atoms with Crippen LogP contribution >= 0.6 is 0 Å². The van der Waals surface area contributed by atoms with Gasteiger partial charge in [-0.15, -0.1) is 0 Å². The maximum atomic E-state index is 13.4. The number of anilines is 2. The summed E-state index contributed by atoms with van der Waals surface area (Å²) in [4.78, 5) is 15.6. The van der Waals surface area contributed by atoms with Gasteiger partial charge in [-0.2, -0.15) is 13.2 Å². The highest BCUT2D eigenvalue weighted by Crippen LogP contribution is 2.31. The molecule has 37 heavy (non-hydrogen) atoms. The zero-order valence-corrected chi connectivity index (χ0v) is 20.8. The number of sulfone groups is 1. The molecule has 8 nitrogen and oxygen atoms in total. The van der Waals surface area contributed by atoms with Crippen molar-refractivity contribution in [3.8, 4) is 11.8 Å². The number of hydrogen-bond acceptors (Lipinski definition) is 6. The second-order valence-corrected chi connectivity index (χ2v) is 11.0. The number of hydrogen-bond donors (Lipinski definition) is 3. The summed E-state index contributed by atoms with van der Waals surface area (Å²) in [6.07, 6.45) is -2.08. The number of nitrogens with zero attached hydrogens (tertiary/aromatic N) is 2. The first-order valence-electron chi connectivity index (χ1n) is 11.6. The highest BCUT2D eigenvalue weighted by atomic mass is 32.2. The Morgan fingerprint density at radius 3 is 2.59 bits per heavy atom. The van der Waals surface area contributed by atoms with Gasteiger partial charge in [0.1, 0.15) is 22.1 Å². The minimum Gasteiger partial charge on any atom is -0.382 e. The van der Waals surface area contributed by atoms with Crippen molar-refractivity contribution in [3.63, 3.8) is 0 Å². The summed E-state index contributed by atoms with van der Waals surface area (Å²) in [5.74, 6) is 5.55. The van der Waals surface area contributed by atoms with Gasteiger partial charge in [0.2, 0.25) is 0 Å². The summed E-state index contributed by atoms with van der Waals surface area (Å²) in [5.41, 5.74) is 2.11. The average Bonchev–Trinajstić information content (AvgIpc) is 3.19. The van der Waals surface area contributed by atoms with Crippen molar-refractivity contribution in [1.82, 2.24) is 14.9 Å². The Balaban J connectivity index is 1.55. The van der Waals surface area contributed by atoms with Crippen LogP contribution in [0, 0.1) is 11.8 Å². The third-order valence-corrected chi connectivity index (χ3v) is 7.73. The van der Waals surface area contributed by atoms with E-state index in [1.165, 1.54) is 13.2 Å². The molecule has 0 aliphatic carbocycles. The van der Waals surface area contributed by atoms with E-state index in [0.29, 0.717) is 35.1 Å². The fourth-order valence-electron chi connectivity index (χ4n) is 4.16. The fraction of sp³-hybridized carbons (Fsp3) is 0.360. The Morgan fingerprint density at radius 2 is 1.95 bits per heavy atom. The van der Waals surface area contributed by atoms with Gasteiger partial charge in [-0.3, -0.25) is 4.79 Å². The Labute approximate surface area is 212 Å². The van der Waals surface area contributed by atoms with E-state index in [2.05, 4.69) is 32.8 Å². The normalized spacial score (nSPS) is 15.6. The number of benzene rings is 1. The third kappa shape index (κ3) is 6.74. The number of amides is 1. The molecule has 0 unspecified atom stereocenters. The molecule has 1 aliphatic rings. The number of rotatable bonds is 6. The Kier molecular flexibility index (Phi) is 7.63. The van der Waals surface area contributed by atoms with Crippen LogP contribution in [0.1, 0.15) is 29.0 Å². The highest BCUT2D eigenvalue weighted by molar-refractivity contribution is 7.91. The summed E-state index contributed by atoms with van der Waals surface area (Å²) in [6.45, 7) is -1.04. The number of halogens is 3. The number of carbonyl (C=O) groups excluding carboxylic acids is 1. The molecule has 3 heterocycles. The molecule has 1 amide bonds. The van der Waals surface area contributed by atoms with Crippen molar-refractivity contribution in [3.05, 3.63) is 54.0 Å². The second-order valence-electron chi connectivity index (χ2n) is 8.71. The van der Waals surface area contributed by atoms with E-state index in [9.17, 15) is 26.4 Å². The van der Waals surface area contributed by atoms with Crippen LogP contribution in [0.5, 0.6) is 0 Å². The van der Waals surface area contributed by atoms with Gasteiger partial charge >= 0.3 is 6.18 Å². The number of alkyl halides is 3. The Bertz CT molecular complexity index is 1440. The third-order valence-electron chi connectivity index (χ3n) is 6.02. The summed E-state index contributed by atoms with van der Waals surface area (Å²) in [5, 5.41) is 9.39. The van der Waals surface area contributed by atoms with E-state index >= 15 is 0 Å². The SMILES string of the molecule is CNC(=O)c1ccc(NCC#Cc2cc3c(NC4CCS(=O)(=O)CC4)cccc3n2CC(F)(F)F)cn1. The summed E-state index contributed by atoms with van der Waals surface area (Å²) >= 11 is 0. The van der Waals surface area contributed by atoms with Gasteiger partial charge in [0, 0.05) is 24.2 Å². The van der Waals surface area contributed by atoms with Crippen LogP contribution in [0.3, 0.4) is 0 Å². The molecule has 0 radical (unpaired) electrons. The first-order valence-corrected chi connectivity index (χ1v) is 13.4. The molecular weight excluding hydrogens is 507 g/mol. The van der Waals surface area contributed by atoms with E-state index in [1.54, 1.807) is 36.4 Å². The molecular formula is C25H26F3N5O3S. The van der Waals surface area contributed by atoms with Crippen molar-refractivity contribution >= 4 is 38.0 Å². The van der Waals surface area contributed by atoms with Crippen LogP contribution in [0.4, 0.5) is 24.5 Å². The minimum absolute atomic E-state index is 0.0813. The van der Waals surface area contributed by atoms with Gasteiger partial charge in [-0.25, -0.2) is 13.4 Å². The lowest BCUT2D eigenvalue weighted by molar-refractivity contribution is -0.140. The van der Waals surface area contributed by atoms with E-state index in [4.69, 9.17) is 0 Å². The van der Waals surface area contributed by atoms with Gasteiger partial charge in [0.15, 0.2) is 0 Å². The second kappa shape index (κ2) is 10.7. The average molecular weight is 534 g/mol. The van der Waals surface area contributed by atoms with Gasteiger partial charge < -0.3 is 20.5 Å².